The van der Waals surface area contributed by atoms with Crippen molar-refractivity contribution in [1.82, 2.24) is 14.6 Å². The molecule has 0 aliphatic heterocycles. The molecular weight excluding hydrogens is 412 g/mol. The van der Waals surface area contributed by atoms with Crippen molar-refractivity contribution < 1.29 is 13.2 Å². The van der Waals surface area contributed by atoms with Gasteiger partial charge in [0.05, 0.1) is 17.1 Å². The van der Waals surface area contributed by atoms with Gasteiger partial charge in [-0.25, -0.2) is 8.42 Å². The summed E-state index contributed by atoms with van der Waals surface area (Å²) in [5.74, 6) is -0.223. The zero-order valence-electron chi connectivity index (χ0n) is 17.4. The van der Waals surface area contributed by atoms with Crippen molar-refractivity contribution in [1.29, 1.82) is 5.26 Å². The van der Waals surface area contributed by atoms with Gasteiger partial charge in [-0.2, -0.15) is 9.57 Å². The van der Waals surface area contributed by atoms with Crippen LogP contribution in [0.1, 0.15) is 24.5 Å². The van der Waals surface area contributed by atoms with Gasteiger partial charge in [0.15, 0.2) is 0 Å². The first-order chi connectivity index (χ1) is 14.8. The van der Waals surface area contributed by atoms with E-state index in [0.717, 1.165) is 10.9 Å². The molecule has 8 heteroatoms. The largest absolute Gasteiger partial charge is 0.356 e. The van der Waals surface area contributed by atoms with E-state index in [1.807, 2.05) is 24.3 Å². The number of amides is 1. The van der Waals surface area contributed by atoms with Crippen molar-refractivity contribution in [3.63, 3.8) is 0 Å². The highest BCUT2D eigenvalue weighted by Crippen LogP contribution is 2.24. The molecule has 1 aromatic heterocycles. The van der Waals surface area contributed by atoms with Gasteiger partial charge in [-0.05, 0) is 43.2 Å². The maximum absolute atomic E-state index is 13.2. The number of nitrogens with zero attached hydrogens (tertiary/aromatic N) is 3. The number of hydrogen-bond donors (Lipinski definition) is 1. The summed E-state index contributed by atoms with van der Waals surface area (Å²) >= 11 is 0. The molecule has 3 rings (SSSR count). The first-order valence-electron chi connectivity index (χ1n) is 9.90. The van der Waals surface area contributed by atoms with Gasteiger partial charge in [-0.1, -0.05) is 30.3 Å². The van der Waals surface area contributed by atoms with Gasteiger partial charge in [0.1, 0.15) is 4.90 Å². The molecule has 160 valence electrons. The Morgan fingerprint density at radius 1 is 1.16 bits per heavy atom. The van der Waals surface area contributed by atoms with E-state index in [-0.39, 0.29) is 17.2 Å². The van der Waals surface area contributed by atoms with Crippen LogP contribution < -0.4 is 5.32 Å². The number of carbonyl (C=O) groups is 1. The Bertz CT molecular complexity index is 1210. The summed E-state index contributed by atoms with van der Waals surface area (Å²) in [6.45, 7) is 2.14. The molecule has 31 heavy (non-hydrogen) atoms. The van der Waals surface area contributed by atoms with Gasteiger partial charge in [-0.15, -0.1) is 0 Å². The van der Waals surface area contributed by atoms with E-state index in [9.17, 15) is 13.2 Å². The number of hydrogen-bond acceptors (Lipinski definition) is 5. The van der Waals surface area contributed by atoms with Gasteiger partial charge in [0.2, 0.25) is 15.9 Å². The lowest BCUT2D eigenvalue weighted by Crippen LogP contribution is -2.39. The number of nitriles is 1. The maximum atomic E-state index is 13.2. The van der Waals surface area contributed by atoms with Crippen LogP contribution >= 0.6 is 0 Å². The molecule has 1 unspecified atom stereocenters. The number of rotatable bonds is 8. The van der Waals surface area contributed by atoms with Crippen LogP contribution in [0, 0.1) is 11.3 Å². The van der Waals surface area contributed by atoms with Crippen LogP contribution in [0.4, 0.5) is 0 Å². The number of para-hydroxylation sites is 1. The Morgan fingerprint density at radius 2 is 1.87 bits per heavy atom. The lowest BCUT2D eigenvalue weighted by molar-refractivity contribution is -0.121. The summed E-state index contributed by atoms with van der Waals surface area (Å²) in [4.78, 5) is 16.7. The first kappa shape index (κ1) is 22.4. The van der Waals surface area contributed by atoms with E-state index in [1.165, 1.54) is 17.4 Å². The minimum atomic E-state index is -3.82. The Labute approximate surface area is 182 Å². The fourth-order valence-electron chi connectivity index (χ4n) is 3.24. The van der Waals surface area contributed by atoms with Crippen LogP contribution in [0.3, 0.4) is 0 Å². The SMILES string of the molecule is CC(CC(=O)NCCc1ccc(C#N)cc1)N(C)S(=O)(=O)c1cccc2cccnc12. The highest BCUT2D eigenvalue weighted by Gasteiger charge is 2.28. The zero-order valence-corrected chi connectivity index (χ0v) is 18.3. The highest BCUT2D eigenvalue weighted by atomic mass is 32.2. The molecule has 1 heterocycles. The Morgan fingerprint density at radius 3 is 2.58 bits per heavy atom. The third kappa shape index (κ3) is 5.26. The third-order valence-corrected chi connectivity index (χ3v) is 7.18. The molecule has 1 atom stereocenters. The average molecular weight is 437 g/mol. The van der Waals surface area contributed by atoms with Crippen LogP contribution in [0.2, 0.25) is 0 Å². The normalized spacial score (nSPS) is 12.5. The van der Waals surface area contributed by atoms with Crippen molar-refractivity contribution in [2.45, 2.75) is 30.7 Å². The molecule has 0 fully saturated rings. The van der Waals surface area contributed by atoms with E-state index >= 15 is 0 Å². The second-order valence-corrected chi connectivity index (χ2v) is 9.28. The summed E-state index contributed by atoms with van der Waals surface area (Å²) in [6, 6.07) is 17.3. The van der Waals surface area contributed by atoms with E-state index in [0.29, 0.717) is 24.0 Å². The number of carbonyl (C=O) groups excluding carboxylic acids is 1. The number of fused-ring (bicyclic) bond motifs is 1. The molecule has 0 spiro atoms. The predicted molar refractivity (Wildman–Crippen MR) is 119 cm³/mol. The van der Waals surface area contributed by atoms with Crippen LogP contribution in [-0.4, -0.2) is 43.2 Å². The molecule has 1 amide bonds. The number of aromatic nitrogens is 1. The van der Waals surface area contributed by atoms with Gasteiger partial charge in [-0.3, -0.25) is 9.78 Å². The van der Waals surface area contributed by atoms with Gasteiger partial charge in [0, 0.05) is 37.6 Å². The van der Waals surface area contributed by atoms with Crippen LogP contribution in [-0.2, 0) is 21.2 Å². The number of sulfonamides is 1. The predicted octanol–water partition coefficient (Wildman–Crippen LogP) is 2.86. The second-order valence-electron chi connectivity index (χ2n) is 7.31. The Balaban J connectivity index is 1.60. The van der Waals surface area contributed by atoms with Crippen molar-refractivity contribution in [2.75, 3.05) is 13.6 Å². The molecule has 7 nitrogen and oxygen atoms in total. The number of pyridine rings is 1. The van der Waals surface area contributed by atoms with E-state index in [4.69, 9.17) is 5.26 Å². The molecule has 0 radical (unpaired) electrons. The lowest BCUT2D eigenvalue weighted by atomic mass is 10.1. The molecule has 2 aromatic carbocycles. The molecule has 0 aliphatic carbocycles. The Kier molecular flexibility index (Phi) is 7.00. The zero-order chi connectivity index (χ0) is 22.4. The smallest absolute Gasteiger partial charge is 0.245 e. The van der Waals surface area contributed by atoms with Gasteiger partial charge < -0.3 is 5.32 Å². The standard InChI is InChI=1S/C23H24N4O3S/c1-17(15-22(28)25-14-12-18-8-10-19(16-24)11-9-18)27(2)31(29,30)21-7-3-5-20-6-4-13-26-23(20)21/h3-11,13,17H,12,14-15H2,1-2H3,(H,25,28). The van der Waals surface area contributed by atoms with Crippen molar-refractivity contribution >= 4 is 26.8 Å². The molecular formula is C23H24N4O3S. The minimum Gasteiger partial charge on any atom is -0.356 e. The highest BCUT2D eigenvalue weighted by molar-refractivity contribution is 7.89. The fraction of sp³-hybridized carbons (Fsp3) is 0.261. The Hall–Kier alpha value is -3.28. The van der Waals surface area contributed by atoms with Crippen LogP contribution in [0.25, 0.3) is 10.9 Å². The minimum absolute atomic E-state index is 0.0430. The molecule has 0 bridgehead atoms. The summed E-state index contributed by atoms with van der Waals surface area (Å²) in [5, 5.41) is 12.4. The summed E-state index contributed by atoms with van der Waals surface area (Å²) in [5.41, 5.74) is 2.01. The number of benzene rings is 2. The second kappa shape index (κ2) is 9.69. The number of nitrogens with one attached hydrogen (secondary N) is 1. The summed E-state index contributed by atoms with van der Waals surface area (Å²) in [6.07, 6.45) is 2.23. The van der Waals surface area contributed by atoms with Crippen molar-refractivity contribution in [2.24, 2.45) is 0 Å². The van der Waals surface area contributed by atoms with E-state index in [1.54, 1.807) is 37.4 Å². The monoisotopic (exact) mass is 436 g/mol. The molecule has 0 saturated heterocycles. The topological polar surface area (TPSA) is 103 Å². The summed E-state index contributed by atoms with van der Waals surface area (Å²) < 4.78 is 27.5. The lowest BCUT2D eigenvalue weighted by Gasteiger charge is -2.24. The van der Waals surface area contributed by atoms with Gasteiger partial charge >= 0.3 is 0 Å². The van der Waals surface area contributed by atoms with Crippen molar-refractivity contribution in [3.05, 3.63) is 71.9 Å². The van der Waals surface area contributed by atoms with Gasteiger partial charge in [0.25, 0.3) is 0 Å². The van der Waals surface area contributed by atoms with E-state index in [2.05, 4.69) is 16.4 Å². The molecule has 0 aliphatic rings. The van der Waals surface area contributed by atoms with Crippen LogP contribution in [0.15, 0.2) is 65.7 Å². The van der Waals surface area contributed by atoms with E-state index < -0.39 is 16.1 Å². The average Bonchev–Trinajstić information content (AvgIpc) is 2.78. The fourth-order valence-corrected chi connectivity index (χ4v) is 4.76. The van der Waals surface area contributed by atoms with Crippen LogP contribution in [0.5, 0.6) is 0 Å². The molecule has 0 saturated carbocycles. The molecule has 3 aromatic rings. The third-order valence-electron chi connectivity index (χ3n) is 5.17. The maximum Gasteiger partial charge on any atom is 0.245 e. The first-order valence-corrected chi connectivity index (χ1v) is 11.3. The summed E-state index contributed by atoms with van der Waals surface area (Å²) in [7, 11) is -2.34. The molecule has 1 N–H and O–H groups in total. The van der Waals surface area contributed by atoms with Crippen molar-refractivity contribution in [3.8, 4) is 6.07 Å². The quantitative estimate of drug-likeness (QED) is 0.585.